The average Bonchev–Trinajstić information content (AvgIpc) is 3.08. The van der Waals surface area contributed by atoms with E-state index in [-0.39, 0.29) is 5.97 Å². The van der Waals surface area contributed by atoms with Crippen LogP contribution in [0.5, 0.6) is 0 Å². The fourth-order valence-corrected chi connectivity index (χ4v) is 2.67. The lowest BCUT2D eigenvalue weighted by Crippen LogP contribution is -2.19. The zero-order valence-electron chi connectivity index (χ0n) is 13.0. The molecule has 2 atom stereocenters. The molecule has 0 fully saturated rings. The summed E-state index contributed by atoms with van der Waals surface area (Å²) in [7, 11) is 0. The highest BCUT2D eigenvalue weighted by Gasteiger charge is 2.26. The van der Waals surface area contributed by atoms with Crippen LogP contribution < -0.4 is 0 Å². The topological polar surface area (TPSA) is 44.1 Å². The standard InChI is InChI=1S/C17H20Cl2N2O2/c1-2-3-4-5-15(22)23-16(13-6-8-14(18)9-7-13)17(19)21-11-10-20-12-21/h6-12,16-17H,2-5H2,1H3. The second-order valence-electron chi connectivity index (χ2n) is 5.30. The molecule has 1 aromatic carbocycles. The molecule has 0 saturated carbocycles. The first kappa shape index (κ1) is 17.8. The van der Waals surface area contributed by atoms with E-state index in [0.717, 1.165) is 24.8 Å². The largest absolute Gasteiger partial charge is 0.454 e. The van der Waals surface area contributed by atoms with E-state index in [9.17, 15) is 4.79 Å². The van der Waals surface area contributed by atoms with Crippen molar-refractivity contribution in [1.82, 2.24) is 9.55 Å². The first-order valence-corrected chi connectivity index (χ1v) is 8.49. The Kier molecular flexibility index (Phi) is 6.93. The Bertz CT molecular complexity index is 600. The highest BCUT2D eigenvalue weighted by Crippen LogP contribution is 2.34. The van der Waals surface area contributed by atoms with Crippen molar-refractivity contribution >= 4 is 29.2 Å². The van der Waals surface area contributed by atoms with E-state index >= 15 is 0 Å². The molecule has 2 unspecified atom stereocenters. The van der Waals surface area contributed by atoms with E-state index in [1.807, 2.05) is 12.1 Å². The fraction of sp³-hybridized carbons (Fsp3) is 0.412. The van der Waals surface area contributed by atoms with Crippen LogP contribution in [0.4, 0.5) is 0 Å². The summed E-state index contributed by atoms with van der Waals surface area (Å²) in [4.78, 5) is 16.1. The summed E-state index contributed by atoms with van der Waals surface area (Å²) in [6, 6.07) is 7.15. The van der Waals surface area contributed by atoms with Gasteiger partial charge in [0, 0.05) is 23.8 Å². The molecule has 2 rings (SSSR count). The Balaban J connectivity index is 2.14. The number of carbonyl (C=O) groups is 1. The first-order chi connectivity index (χ1) is 11.1. The van der Waals surface area contributed by atoms with Crippen LogP contribution >= 0.6 is 23.2 Å². The molecule has 0 aliphatic heterocycles. The number of rotatable bonds is 8. The highest BCUT2D eigenvalue weighted by atomic mass is 35.5. The summed E-state index contributed by atoms with van der Waals surface area (Å²) in [6.07, 6.45) is 7.66. The van der Waals surface area contributed by atoms with E-state index in [1.54, 1.807) is 35.4 Å². The van der Waals surface area contributed by atoms with Crippen molar-refractivity contribution in [3.63, 3.8) is 0 Å². The van der Waals surface area contributed by atoms with Gasteiger partial charge < -0.3 is 9.30 Å². The maximum Gasteiger partial charge on any atom is 0.306 e. The van der Waals surface area contributed by atoms with Crippen LogP contribution in [0.2, 0.25) is 5.02 Å². The summed E-state index contributed by atoms with van der Waals surface area (Å²) < 4.78 is 7.35. The van der Waals surface area contributed by atoms with E-state index in [0.29, 0.717) is 11.4 Å². The minimum Gasteiger partial charge on any atom is -0.454 e. The number of unbranched alkanes of at least 4 members (excludes halogenated alkanes) is 2. The van der Waals surface area contributed by atoms with Crippen LogP contribution in [-0.2, 0) is 9.53 Å². The molecular weight excluding hydrogens is 335 g/mol. The molecule has 1 heterocycles. The third kappa shape index (κ3) is 5.26. The van der Waals surface area contributed by atoms with Crippen LogP contribution in [0.25, 0.3) is 0 Å². The number of hydrogen-bond acceptors (Lipinski definition) is 3. The predicted octanol–water partition coefficient (Wildman–Crippen LogP) is 5.14. The maximum absolute atomic E-state index is 12.1. The lowest BCUT2D eigenvalue weighted by atomic mass is 10.1. The molecule has 23 heavy (non-hydrogen) atoms. The summed E-state index contributed by atoms with van der Waals surface area (Å²) in [6.45, 7) is 2.09. The monoisotopic (exact) mass is 354 g/mol. The molecule has 0 amide bonds. The zero-order valence-corrected chi connectivity index (χ0v) is 14.5. The molecule has 4 nitrogen and oxygen atoms in total. The lowest BCUT2D eigenvalue weighted by molar-refractivity contribution is -0.150. The molecule has 124 valence electrons. The zero-order chi connectivity index (χ0) is 16.7. The van der Waals surface area contributed by atoms with Gasteiger partial charge in [-0.25, -0.2) is 4.98 Å². The highest BCUT2D eigenvalue weighted by molar-refractivity contribution is 6.30. The van der Waals surface area contributed by atoms with Gasteiger partial charge in [0.05, 0.1) is 6.33 Å². The van der Waals surface area contributed by atoms with Gasteiger partial charge in [-0.2, -0.15) is 0 Å². The van der Waals surface area contributed by atoms with Crippen molar-refractivity contribution in [3.8, 4) is 0 Å². The molecule has 0 saturated heterocycles. The molecule has 1 aromatic heterocycles. The third-order valence-corrected chi connectivity index (χ3v) is 4.21. The Labute approximate surface area is 146 Å². The van der Waals surface area contributed by atoms with Gasteiger partial charge in [0.1, 0.15) is 5.50 Å². The minimum absolute atomic E-state index is 0.246. The summed E-state index contributed by atoms with van der Waals surface area (Å²) in [5.41, 5.74) is 0.223. The number of aromatic nitrogens is 2. The van der Waals surface area contributed by atoms with Crippen LogP contribution in [-0.4, -0.2) is 15.5 Å². The van der Waals surface area contributed by atoms with Crippen molar-refractivity contribution in [3.05, 3.63) is 53.6 Å². The third-order valence-electron chi connectivity index (χ3n) is 3.50. The summed E-state index contributed by atoms with van der Waals surface area (Å²) in [5.74, 6) is -0.246. The van der Waals surface area contributed by atoms with Crippen LogP contribution in [0, 0.1) is 0 Å². The van der Waals surface area contributed by atoms with Gasteiger partial charge >= 0.3 is 5.97 Å². The van der Waals surface area contributed by atoms with Crippen molar-refractivity contribution in [2.75, 3.05) is 0 Å². The second kappa shape index (κ2) is 8.94. The normalized spacial score (nSPS) is 13.5. The number of nitrogens with zero attached hydrogens (tertiary/aromatic N) is 2. The Morgan fingerprint density at radius 3 is 2.65 bits per heavy atom. The van der Waals surface area contributed by atoms with Gasteiger partial charge in [-0.15, -0.1) is 0 Å². The first-order valence-electron chi connectivity index (χ1n) is 7.68. The molecule has 0 spiro atoms. The van der Waals surface area contributed by atoms with E-state index in [4.69, 9.17) is 27.9 Å². The van der Waals surface area contributed by atoms with Gasteiger partial charge in [0.15, 0.2) is 6.10 Å². The maximum atomic E-state index is 12.1. The molecule has 6 heteroatoms. The number of hydrogen-bond donors (Lipinski definition) is 0. The molecule has 0 bridgehead atoms. The molecule has 0 radical (unpaired) electrons. The van der Waals surface area contributed by atoms with Crippen molar-refractivity contribution < 1.29 is 9.53 Å². The summed E-state index contributed by atoms with van der Waals surface area (Å²) >= 11 is 12.4. The van der Waals surface area contributed by atoms with Crippen LogP contribution in [0.15, 0.2) is 43.0 Å². The minimum atomic E-state index is -0.600. The van der Waals surface area contributed by atoms with Gasteiger partial charge in [-0.1, -0.05) is 55.1 Å². The van der Waals surface area contributed by atoms with Crippen LogP contribution in [0.1, 0.15) is 49.8 Å². The Morgan fingerprint density at radius 2 is 2.04 bits per heavy atom. The number of ether oxygens (including phenoxy) is 1. The van der Waals surface area contributed by atoms with Gasteiger partial charge in [0.25, 0.3) is 0 Å². The van der Waals surface area contributed by atoms with Gasteiger partial charge in [-0.3, -0.25) is 4.79 Å². The number of alkyl halides is 1. The predicted molar refractivity (Wildman–Crippen MR) is 91.5 cm³/mol. The number of esters is 1. The number of carbonyl (C=O) groups excluding carboxylic acids is 1. The second-order valence-corrected chi connectivity index (χ2v) is 6.19. The SMILES string of the molecule is CCCCCC(=O)OC(c1ccc(Cl)cc1)C(Cl)n1ccnc1. The molecule has 2 aromatic rings. The molecule has 0 N–H and O–H groups in total. The van der Waals surface area contributed by atoms with Gasteiger partial charge in [-0.05, 0) is 24.1 Å². The van der Waals surface area contributed by atoms with Crippen molar-refractivity contribution in [1.29, 1.82) is 0 Å². The average molecular weight is 355 g/mol. The molecular formula is C17H20Cl2N2O2. The number of imidazole rings is 1. The smallest absolute Gasteiger partial charge is 0.306 e. The van der Waals surface area contributed by atoms with Crippen molar-refractivity contribution in [2.45, 2.75) is 44.2 Å². The van der Waals surface area contributed by atoms with Gasteiger partial charge in [0.2, 0.25) is 0 Å². The number of halogens is 2. The Morgan fingerprint density at radius 1 is 1.30 bits per heavy atom. The lowest BCUT2D eigenvalue weighted by Gasteiger charge is -2.24. The van der Waals surface area contributed by atoms with E-state index < -0.39 is 11.6 Å². The van der Waals surface area contributed by atoms with E-state index in [2.05, 4.69) is 11.9 Å². The quantitative estimate of drug-likeness (QED) is 0.374. The molecule has 0 aliphatic carbocycles. The van der Waals surface area contributed by atoms with Crippen molar-refractivity contribution in [2.24, 2.45) is 0 Å². The Hall–Kier alpha value is -1.52. The van der Waals surface area contributed by atoms with E-state index in [1.165, 1.54) is 0 Å². The summed E-state index contributed by atoms with van der Waals surface area (Å²) in [5, 5.41) is 0.621. The fourth-order valence-electron chi connectivity index (χ4n) is 2.23. The number of benzene rings is 1. The van der Waals surface area contributed by atoms with Crippen LogP contribution in [0.3, 0.4) is 0 Å². The molecule has 0 aliphatic rings.